The molecule has 18 heavy (non-hydrogen) atoms. The molecule has 0 atom stereocenters. The van der Waals surface area contributed by atoms with Crippen LogP contribution in [-0.4, -0.2) is 37.2 Å². The predicted molar refractivity (Wildman–Crippen MR) is 68.3 cm³/mol. The largest absolute Gasteiger partial charge is 0.376 e. The van der Waals surface area contributed by atoms with E-state index in [0.29, 0.717) is 16.8 Å². The number of carbonyl (C=O) groups excluding carboxylic acids is 2. The van der Waals surface area contributed by atoms with Crippen LogP contribution in [0.1, 0.15) is 22.8 Å². The number of nitrogens with zero attached hydrogens (tertiary/aromatic N) is 2. The van der Waals surface area contributed by atoms with E-state index in [1.165, 1.54) is 11.8 Å². The molecule has 1 aromatic carbocycles. The van der Waals surface area contributed by atoms with Crippen molar-refractivity contribution in [2.45, 2.75) is 6.92 Å². The summed E-state index contributed by atoms with van der Waals surface area (Å²) < 4.78 is 0. The van der Waals surface area contributed by atoms with Crippen LogP contribution in [0.5, 0.6) is 0 Å². The quantitative estimate of drug-likeness (QED) is 0.810. The summed E-state index contributed by atoms with van der Waals surface area (Å²) >= 11 is 0. The van der Waals surface area contributed by atoms with Gasteiger partial charge < -0.3 is 10.2 Å². The minimum Gasteiger partial charge on any atom is -0.376 e. The standard InChI is InChI=1S/C13H15N3O2/c1-9(17)11-5-4-10(7-14)6-12(11)15-8-13(18)16(2)3/h4-6,15H,8H2,1-3H3. The lowest BCUT2D eigenvalue weighted by Crippen LogP contribution is -2.29. The van der Waals surface area contributed by atoms with Crippen LogP contribution in [0.15, 0.2) is 18.2 Å². The molecule has 0 aliphatic rings. The molecule has 0 radical (unpaired) electrons. The number of likely N-dealkylation sites (N-methyl/N-ethyl adjacent to an activating group) is 1. The van der Waals surface area contributed by atoms with E-state index in [2.05, 4.69) is 5.32 Å². The first-order valence-electron chi connectivity index (χ1n) is 5.45. The summed E-state index contributed by atoms with van der Waals surface area (Å²) in [6.45, 7) is 1.53. The van der Waals surface area contributed by atoms with E-state index in [0.717, 1.165) is 0 Å². The Morgan fingerprint density at radius 1 is 1.39 bits per heavy atom. The number of rotatable bonds is 4. The van der Waals surface area contributed by atoms with Crippen molar-refractivity contribution < 1.29 is 9.59 Å². The molecule has 5 heteroatoms. The fourth-order valence-corrected chi connectivity index (χ4v) is 1.40. The van der Waals surface area contributed by atoms with Gasteiger partial charge in [-0.1, -0.05) is 0 Å². The molecular weight excluding hydrogens is 230 g/mol. The van der Waals surface area contributed by atoms with Gasteiger partial charge in [0.05, 0.1) is 18.2 Å². The molecule has 0 bridgehead atoms. The molecule has 0 aliphatic carbocycles. The zero-order valence-corrected chi connectivity index (χ0v) is 10.7. The van der Waals surface area contributed by atoms with E-state index >= 15 is 0 Å². The summed E-state index contributed by atoms with van der Waals surface area (Å²) in [4.78, 5) is 24.3. The van der Waals surface area contributed by atoms with Gasteiger partial charge in [0.25, 0.3) is 0 Å². The summed E-state index contributed by atoms with van der Waals surface area (Å²) in [5.74, 6) is -0.217. The number of hydrogen-bond donors (Lipinski definition) is 1. The molecule has 1 N–H and O–H groups in total. The van der Waals surface area contributed by atoms with E-state index in [-0.39, 0.29) is 18.2 Å². The Morgan fingerprint density at radius 2 is 2.06 bits per heavy atom. The minimum absolute atomic E-state index is 0.0855. The third-order valence-electron chi connectivity index (χ3n) is 2.46. The third kappa shape index (κ3) is 3.32. The van der Waals surface area contributed by atoms with Crippen LogP contribution >= 0.6 is 0 Å². The van der Waals surface area contributed by atoms with E-state index in [4.69, 9.17) is 5.26 Å². The molecule has 1 amide bonds. The minimum atomic E-state index is -0.112. The Hall–Kier alpha value is -2.35. The summed E-state index contributed by atoms with van der Waals surface area (Å²) in [5.41, 5.74) is 1.43. The van der Waals surface area contributed by atoms with Gasteiger partial charge in [0.2, 0.25) is 5.91 Å². The van der Waals surface area contributed by atoms with Gasteiger partial charge >= 0.3 is 0 Å². The highest BCUT2D eigenvalue weighted by atomic mass is 16.2. The maximum atomic E-state index is 11.5. The first-order chi connectivity index (χ1) is 8.45. The third-order valence-corrected chi connectivity index (χ3v) is 2.46. The first kappa shape index (κ1) is 13.7. The van der Waals surface area contributed by atoms with Gasteiger partial charge in [0, 0.05) is 25.3 Å². The first-order valence-corrected chi connectivity index (χ1v) is 5.45. The molecule has 0 spiro atoms. The number of anilines is 1. The fourth-order valence-electron chi connectivity index (χ4n) is 1.40. The number of carbonyl (C=O) groups is 2. The summed E-state index contributed by atoms with van der Waals surface area (Å²) in [7, 11) is 3.31. The average Bonchev–Trinajstić information content (AvgIpc) is 2.34. The van der Waals surface area contributed by atoms with Crippen molar-refractivity contribution in [3.8, 4) is 6.07 Å². The number of amides is 1. The number of Topliss-reactive ketones (excluding diaryl/α,β-unsaturated/α-hetero) is 1. The zero-order chi connectivity index (χ0) is 13.7. The fraction of sp³-hybridized carbons (Fsp3) is 0.308. The van der Waals surface area contributed by atoms with Crippen molar-refractivity contribution in [1.82, 2.24) is 4.90 Å². The maximum Gasteiger partial charge on any atom is 0.241 e. The lowest BCUT2D eigenvalue weighted by Gasteiger charge is -2.13. The Balaban J connectivity index is 2.95. The smallest absolute Gasteiger partial charge is 0.241 e. The van der Waals surface area contributed by atoms with Gasteiger partial charge in [-0.05, 0) is 25.1 Å². The zero-order valence-electron chi connectivity index (χ0n) is 10.7. The topological polar surface area (TPSA) is 73.2 Å². The second-order valence-corrected chi connectivity index (χ2v) is 4.07. The highest BCUT2D eigenvalue weighted by Gasteiger charge is 2.10. The van der Waals surface area contributed by atoms with Crippen molar-refractivity contribution >= 4 is 17.4 Å². The van der Waals surface area contributed by atoms with Gasteiger partial charge in [-0.15, -0.1) is 0 Å². The number of benzene rings is 1. The number of nitriles is 1. The van der Waals surface area contributed by atoms with Crippen LogP contribution in [0.25, 0.3) is 0 Å². The van der Waals surface area contributed by atoms with E-state index in [1.807, 2.05) is 6.07 Å². The van der Waals surface area contributed by atoms with Crippen LogP contribution in [0.4, 0.5) is 5.69 Å². The van der Waals surface area contributed by atoms with Gasteiger partial charge in [0.1, 0.15) is 0 Å². The Kier molecular flexibility index (Phi) is 4.44. The summed E-state index contributed by atoms with van der Waals surface area (Å²) in [5, 5.41) is 11.7. The van der Waals surface area contributed by atoms with Gasteiger partial charge in [-0.2, -0.15) is 5.26 Å². The van der Waals surface area contributed by atoms with Crippen LogP contribution < -0.4 is 5.32 Å². The monoisotopic (exact) mass is 245 g/mol. The van der Waals surface area contributed by atoms with Crippen molar-refractivity contribution in [3.63, 3.8) is 0 Å². The van der Waals surface area contributed by atoms with E-state index in [1.54, 1.807) is 32.3 Å². The second-order valence-electron chi connectivity index (χ2n) is 4.07. The van der Waals surface area contributed by atoms with Crippen molar-refractivity contribution in [3.05, 3.63) is 29.3 Å². The number of nitrogens with one attached hydrogen (secondary N) is 1. The normalized spacial score (nSPS) is 9.44. The molecule has 0 unspecified atom stereocenters. The van der Waals surface area contributed by atoms with Crippen LogP contribution in [0, 0.1) is 11.3 Å². The Labute approximate surface area is 106 Å². The highest BCUT2D eigenvalue weighted by Crippen LogP contribution is 2.18. The summed E-state index contributed by atoms with van der Waals surface area (Å²) in [6, 6.07) is 6.73. The number of hydrogen-bond acceptors (Lipinski definition) is 4. The van der Waals surface area contributed by atoms with E-state index in [9.17, 15) is 9.59 Å². The molecule has 0 saturated heterocycles. The molecule has 1 aromatic rings. The van der Waals surface area contributed by atoms with Crippen molar-refractivity contribution in [2.75, 3.05) is 26.0 Å². The number of ketones is 1. The van der Waals surface area contributed by atoms with Gasteiger partial charge in [0.15, 0.2) is 5.78 Å². The van der Waals surface area contributed by atoms with Crippen molar-refractivity contribution in [1.29, 1.82) is 5.26 Å². The molecule has 0 heterocycles. The van der Waals surface area contributed by atoms with Gasteiger partial charge in [-0.25, -0.2) is 0 Å². The molecule has 1 rings (SSSR count). The molecule has 0 fully saturated rings. The Morgan fingerprint density at radius 3 is 2.56 bits per heavy atom. The van der Waals surface area contributed by atoms with Crippen LogP contribution in [-0.2, 0) is 4.79 Å². The average molecular weight is 245 g/mol. The highest BCUT2D eigenvalue weighted by molar-refractivity contribution is 6.00. The molecule has 5 nitrogen and oxygen atoms in total. The summed E-state index contributed by atoms with van der Waals surface area (Å²) in [6.07, 6.45) is 0. The predicted octanol–water partition coefficient (Wildman–Crippen LogP) is 1.26. The molecule has 94 valence electrons. The SMILES string of the molecule is CC(=O)c1ccc(C#N)cc1NCC(=O)N(C)C. The molecule has 0 aliphatic heterocycles. The maximum absolute atomic E-state index is 11.5. The van der Waals surface area contributed by atoms with E-state index < -0.39 is 0 Å². The second kappa shape index (κ2) is 5.82. The van der Waals surface area contributed by atoms with Crippen LogP contribution in [0.3, 0.4) is 0 Å². The van der Waals surface area contributed by atoms with Gasteiger partial charge in [-0.3, -0.25) is 9.59 Å². The molecular formula is C13H15N3O2. The van der Waals surface area contributed by atoms with Crippen LogP contribution in [0.2, 0.25) is 0 Å². The molecule has 0 aromatic heterocycles. The lowest BCUT2D eigenvalue weighted by atomic mass is 10.1. The lowest BCUT2D eigenvalue weighted by molar-refractivity contribution is -0.126. The molecule has 0 saturated carbocycles. The Bertz CT molecular complexity index is 515. The van der Waals surface area contributed by atoms with Crippen molar-refractivity contribution in [2.24, 2.45) is 0 Å².